The van der Waals surface area contributed by atoms with Gasteiger partial charge in [-0.05, 0) is 40.7 Å². The van der Waals surface area contributed by atoms with Crippen LogP contribution in [0.3, 0.4) is 0 Å². The van der Waals surface area contributed by atoms with Gasteiger partial charge >= 0.3 is 0 Å². The zero-order valence-electron chi connectivity index (χ0n) is 10.3. The molecule has 0 radical (unpaired) electrons. The molecule has 1 nitrogen and oxygen atoms in total. The first kappa shape index (κ1) is 11.2. The Morgan fingerprint density at radius 3 is 2.76 bits per heavy atom. The van der Waals surface area contributed by atoms with E-state index in [-0.39, 0.29) is 6.04 Å². The third kappa shape index (κ3) is 1.80. The van der Waals surface area contributed by atoms with Gasteiger partial charge in [0, 0.05) is 10.7 Å². The van der Waals surface area contributed by atoms with Crippen LogP contribution in [0.1, 0.15) is 44.2 Å². The Bertz CT molecular complexity index is 522. The van der Waals surface area contributed by atoms with Crippen LogP contribution in [0.4, 0.5) is 0 Å². The molecule has 0 amide bonds. The molecule has 1 aliphatic carbocycles. The minimum absolute atomic E-state index is 0.187. The van der Waals surface area contributed by atoms with Crippen molar-refractivity contribution in [3.8, 4) is 0 Å². The van der Waals surface area contributed by atoms with Crippen LogP contribution in [-0.4, -0.2) is 0 Å². The predicted molar refractivity (Wildman–Crippen MR) is 75.3 cm³/mol. The first-order valence-electron chi connectivity index (χ1n) is 6.42. The predicted octanol–water partition coefficient (Wildman–Crippen LogP) is 4.48. The van der Waals surface area contributed by atoms with Crippen LogP contribution in [-0.2, 0) is 0 Å². The van der Waals surface area contributed by atoms with Gasteiger partial charge in [0.05, 0.1) is 0 Å². The molecule has 2 heteroatoms. The molecule has 2 N–H and O–H groups in total. The summed E-state index contributed by atoms with van der Waals surface area (Å²) in [5.41, 5.74) is 8.22. The molecule has 1 aliphatic rings. The fourth-order valence-electron chi connectivity index (χ4n) is 3.13. The van der Waals surface area contributed by atoms with Gasteiger partial charge in [-0.15, -0.1) is 11.3 Å². The fraction of sp³-hybridized carbons (Fsp3) is 0.467. The summed E-state index contributed by atoms with van der Waals surface area (Å²) in [6, 6.07) is 8.91. The van der Waals surface area contributed by atoms with E-state index >= 15 is 0 Å². The summed E-state index contributed by atoms with van der Waals surface area (Å²) in [6.45, 7) is 2.36. The molecule has 0 bridgehead atoms. The van der Waals surface area contributed by atoms with Crippen molar-refractivity contribution in [3.63, 3.8) is 0 Å². The molecule has 0 spiro atoms. The molecule has 17 heavy (non-hydrogen) atoms. The van der Waals surface area contributed by atoms with E-state index in [1.54, 1.807) is 0 Å². The molecular weight excluding hydrogens is 226 g/mol. The number of fused-ring (bicyclic) bond motifs is 1. The van der Waals surface area contributed by atoms with E-state index in [1.807, 2.05) is 11.3 Å². The maximum Gasteiger partial charge on any atom is 0.0390 e. The number of thiophene rings is 1. The van der Waals surface area contributed by atoms with Gasteiger partial charge in [0.25, 0.3) is 0 Å². The normalized spacial score (nSPS) is 20.8. The van der Waals surface area contributed by atoms with Gasteiger partial charge in [-0.25, -0.2) is 0 Å². The minimum Gasteiger partial charge on any atom is -0.323 e. The van der Waals surface area contributed by atoms with Crippen molar-refractivity contribution in [1.82, 2.24) is 0 Å². The van der Waals surface area contributed by atoms with Crippen molar-refractivity contribution in [3.05, 3.63) is 35.2 Å². The smallest absolute Gasteiger partial charge is 0.0390 e. The highest BCUT2D eigenvalue weighted by atomic mass is 32.1. The van der Waals surface area contributed by atoms with E-state index in [4.69, 9.17) is 5.73 Å². The lowest BCUT2D eigenvalue weighted by atomic mass is 9.77. The Hall–Kier alpha value is -0.860. The summed E-state index contributed by atoms with van der Waals surface area (Å²) in [4.78, 5) is 0. The molecule has 1 heterocycles. The number of benzene rings is 1. The molecule has 1 fully saturated rings. The number of hydrogen-bond donors (Lipinski definition) is 1. The Kier molecular flexibility index (Phi) is 2.72. The number of hydrogen-bond acceptors (Lipinski definition) is 2. The van der Waals surface area contributed by atoms with Crippen molar-refractivity contribution in [1.29, 1.82) is 0 Å². The summed E-state index contributed by atoms with van der Waals surface area (Å²) in [7, 11) is 0. The molecule has 2 aromatic rings. The standard InChI is InChI=1S/C15H19NS/c1-15(8-2-3-9-15)14(16)12-6-4-5-11-7-10-17-13(11)12/h4-7,10,14H,2-3,8-9,16H2,1H3. The van der Waals surface area contributed by atoms with Gasteiger partial charge in [-0.2, -0.15) is 0 Å². The monoisotopic (exact) mass is 245 g/mol. The van der Waals surface area contributed by atoms with Crippen LogP contribution in [0.15, 0.2) is 29.6 Å². The van der Waals surface area contributed by atoms with E-state index in [9.17, 15) is 0 Å². The van der Waals surface area contributed by atoms with Crippen LogP contribution in [0, 0.1) is 5.41 Å². The Balaban J connectivity index is 2.05. The number of rotatable bonds is 2. The van der Waals surface area contributed by atoms with Gasteiger partial charge in [-0.3, -0.25) is 0 Å². The lowest BCUT2D eigenvalue weighted by Crippen LogP contribution is -2.29. The van der Waals surface area contributed by atoms with Crippen molar-refractivity contribution in [2.45, 2.75) is 38.6 Å². The van der Waals surface area contributed by atoms with E-state index in [0.29, 0.717) is 5.41 Å². The van der Waals surface area contributed by atoms with Gasteiger partial charge in [0.15, 0.2) is 0 Å². The lowest BCUT2D eigenvalue weighted by Gasteiger charge is -2.31. The summed E-state index contributed by atoms with van der Waals surface area (Å²) < 4.78 is 1.38. The van der Waals surface area contributed by atoms with Crippen molar-refractivity contribution < 1.29 is 0 Å². The third-order valence-corrected chi connectivity index (χ3v) is 5.32. The molecule has 1 atom stereocenters. The summed E-state index contributed by atoms with van der Waals surface area (Å²) in [6.07, 6.45) is 5.22. The average molecular weight is 245 g/mol. The molecular formula is C15H19NS. The summed E-state index contributed by atoms with van der Waals surface area (Å²) in [5.74, 6) is 0. The molecule has 0 saturated heterocycles. The highest BCUT2D eigenvalue weighted by Gasteiger charge is 2.36. The van der Waals surface area contributed by atoms with Crippen LogP contribution in [0.2, 0.25) is 0 Å². The van der Waals surface area contributed by atoms with Crippen LogP contribution >= 0.6 is 11.3 Å². The minimum atomic E-state index is 0.187. The quantitative estimate of drug-likeness (QED) is 0.829. The van der Waals surface area contributed by atoms with Crippen LogP contribution < -0.4 is 5.73 Å². The zero-order valence-corrected chi connectivity index (χ0v) is 11.1. The lowest BCUT2D eigenvalue weighted by molar-refractivity contribution is 0.267. The number of nitrogens with two attached hydrogens (primary N) is 1. The van der Waals surface area contributed by atoms with Gasteiger partial charge < -0.3 is 5.73 Å². The van der Waals surface area contributed by atoms with E-state index in [0.717, 1.165) is 0 Å². The van der Waals surface area contributed by atoms with Gasteiger partial charge in [-0.1, -0.05) is 38.0 Å². The Morgan fingerprint density at radius 1 is 1.24 bits per heavy atom. The molecule has 1 saturated carbocycles. The van der Waals surface area contributed by atoms with Crippen LogP contribution in [0.5, 0.6) is 0 Å². The maximum atomic E-state index is 6.57. The summed E-state index contributed by atoms with van der Waals surface area (Å²) >= 11 is 1.82. The molecule has 1 unspecified atom stereocenters. The average Bonchev–Trinajstić information content (AvgIpc) is 2.96. The fourth-order valence-corrected chi connectivity index (χ4v) is 4.08. The van der Waals surface area contributed by atoms with Gasteiger partial charge in [0.2, 0.25) is 0 Å². The second-order valence-electron chi connectivity index (χ2n) is 5.52. The summed E-state index contributed by atoms with van der Waals surface area (Å²) in [5, 5.41) is 3.50. The largest absolute Gasteiger partial charge is 0.323 e. The zero-order chi connectivity index (χ0) is 11.9. The maximum absolute atomic E-state index is 6.57. The highest BCUT2D eigenvalue weighted by Crippen LogP contribution is 2.47. The topological polar surface area (TPSA) is 26.0 Å². The first-order chi connectivity index (χ1) is 8.21. The third-order valence-electron chi connectivity index (χ3n) is 4.34. The SMILES string of the molecule is CC1(C(N)c2cccc3ccsc23)CCCC1. The second kappa shape index (κ2) is 4.11. The Morgan fingerprint density at radius 2 is 2.00 bits per heavy atom. The molecule has 90 valence electrons. The van der Waals surface area contributed by atoms with E-state index < -0.39 is 0 Å². The van der Waals surface area contributed by atoms with E-state index in [1.165, 1.54) is 41.3 Å². The molecule has 1 aromatic carbocycles. The van der Waals surface area contributed by atoms with Gasteiger partial charge in [0.1, 0.15) is 0 Å². The van der Waals surface area contributed by atoms with Crippen molar-refractivity contribution in [2.24, 2.45) is 11.1 Å². The Labute approximate surface area is 107 Å². The van der Waals surface area contributed by atoms with Crippen molar-refractivity contribution in [2.75, 3.05) is 0 Å². The molecule has 0 aliphatic heterocycles. The van der Waals surface area contributed by atoms with E-state index in [2.05, 4.69) is 36.6 Å². The molecule has 3 rings (SSSR count). The van der Waals surface area contributed by atoms with Crippen molar-refractivity contribution >= 4 is 21.4 Å². The molecule has 1 aromatic heterocycles. The first-order valence-corrected chi connectivity index (χ1v) is 7.30. The second-order valence-corrected chi connectivity index (χ2v) is 6.44. The van der Waals surface area contributed by atoms with Crippen LogP contribution in [0.25, 0.3) is 10.1 Å². The highest BCUT2D eigenvalue weighted by molar-refractivity contribution is 7.17.